The fourth-order valence-electron chi connectivity index (χ4n) is 5.28. The molecular formula is C36H28N2O2. The van der Waals surface area contributed by atoms with Crippen molar-refractivity contribution in [1.29, 1.82) is 0 Å². The second kappa shape index (κ2) is 11.3. The number of nitrogens with one attached hydrogen (secondary N) is 2. The topological polar surface area (TPSA) is 58.2 Å². The molecule has 2 N–H and O–H groups in total. The molecule has 4 nitrogen and oxygen atoms in total. The van der Waals surface area contributed by atoms with Gasteiger partial charge in [-0.15, -0.1) is 0 Å². The maximum atomic E-state index is 13.2. The van der Waals surface area contributed by atoms with Gasteiger partial charge in [-0.25, -0.2) is 0 Å². The monoisotopic (exact) mass is 520 g/mol. The Labute approximate surface area is 233 Å². The summed E-state index contributed by atoms with van der Waals surface area (Å²) in [5.74, 6) is -0.192. The van der Waals surface area contributed by atoms with E-state index in [4.69, 9.17) is 0 Å². The van der Waals surface area contributed by atoms with Crippen LogP contribution in [-0.4, -0.2) is 11.8 Å². The molecule has 2 amide bonds. The highest BCUT2D eigenvalue weighted by Gasteiger charge is 2.15. The Morgan fingerprint density at radius 3 is 1.27 bits per heavy atom. The number of hydrogen-bond donors (Lipinski definition) is 2. The summed E-state index contributed by atoms with van der Waals surface area (Å²) in [6.45, 7) is 0. The van der Waals surface area contributed by atoms with Gasteiger partial charge in [-0.3, -0.25) is 9.59 Å². The van der Waals surface area contributed by atoms with E-state index < -0.39 is 0 Å². The van der Waals surface area contributed by atoms with E-state index >= 15 is 0 Å². The number of carbonyl (C=O) groups excluding carboxylic acids is 2. The Hall–Kier alpha value is -5.22. The maximum Gasteiger partial charge on any atom is 0.228 e. The van der Waals surface area contributed by atoms with E-state index in [1.165, 1.54) is 0 Å². The summed E-state index contributed by atoms with van der Waals surface area (Å²) in [5, 5.41) is 10.6. The average molecular weight is 521 g/mol. The number of benzene rings is 6. The normalized spacial score (nSPS) is 10.9. The highest BCUT2D eigenvalue weighted by Crippen LogP contribution is 2.34. The molecule has 194 valence electrons. The number of carbonyl (C=O) groups is 2. The molecule has 0 heterocycles. The van der Waals surface area contributed by atoms with Crippen LogP contribution >= 0.6 is 0 Å². The van der Waals surface area contributed by atoms with Crippen molar-refractivity contribution in [2.45, 2.75) is 12.8 Å². The van der Waals surface area contributed by atoms with Gasteiger partial charge in [0, 0.05) is 22.5 Å². The molecule has 0 saturated carbocycles. The van der Waals surface area contributed by atoms with Gasteiger partial charge in [-0.1, -0.05) is 121 Å². The Bertz CT molecular complexity index is 1710. The molecule has 0 radical (unpaired) electrons. The molecule has 0 spiro atoms. The van der Waals surface area contributed by atoms with Gasteiger partial charge in [0.1, 0.15) is 0 Å². The van der Waals surface area contributed by atoms with Gasteiger partial charge in [-0.05, 0) is 44.8 Å². The van der Waals surface area contributed by atoms with Crippen LogP contribution in [0.2, 0.25) is 0 Å². The molecule has 0 aliphatic heterocycles. The zero-order valence-electron chi connectivity index (χ0n) is 21.9. The molecule has 6 aromatic rings. The summed E-state index contributed by atoms with van der Waals surface area (Å²) in [4.78, 5) is 26.4. The fraction of sp³-hybridized carbons (Fsp3) is 0.0556. The van der Waals surface area contributed by atoms with Crippen molar-refractivity contribution in [2.24, 2.45) is 0 Å². The summed E-state index contributed by atoms with van der Waals surface area (Å²) in [7, 11) is 0. The molecule has 6 aromatic carbocycles. The van der Waals surface area contributed by atoms with Crippen LogP contribution < -0.4 is 10.6 Å². The van der Waals surface area contributed by atoms with Crippen LogP contribution in [0.25, 0.3) is 32.7 Å². The molecule has 0 fully saturated rings. The lowest BCUT2D eigenvalue weighted by Gasteiger charge is -2.16. The first kappa shape index (κ1) is 25.1. The number of amides is 2. The molecule has 0 atom stereocenters. The van der Waals surface area contributed by atoms with E-state index in [0.717, 1.165) is 43.8 Å². The summed E-state index contributed by atoms with van der Waals surface area (Å²) in [5.41, 5.74) is 5.04. The quantitative estimate of drug-likeness (QED) is 0.224. The largest absolute Gasteiger partial charge is 0.325 e. The molecule has 0 saturated heterocycles. The second-order valence-corrected chi connectivity index (χ2v) is 9.82. The Morgan fingerprint density at radius 2 is 0.800 bits per heavy atom. The second-order valence-electron chi connectivity index (χ2n) is 9.82. The fourth-order valence-corrected chi connectivity index (χ4v) is 5.28. The predicted octanol–water partition coefficient (Wildman–Crippen LogP) is 8.02. The molecule has 0 unspecified atom stereocenters. The minimum absolute atomic E-state index is 0.0960. The molecule has 40 heavy (non-hydrogen) atoms. The molecular weight excluding hydrogens is 492 g/mol. The Balaban J connectivity index is 1.23. The summed E-state index contributed by atoms with van der Waals surface area (Å²) in [6.07, 6.45) is 0.526. The predicted molar refractivity (Wildman–Crippen MR) is 164 cm³/mol. The van der Waals surface area contributed by atoms with E-state index in [9.17, 15) is 9.59 Å². The summed E-state index contributed by atoms with van der Waals surface area (Å²) in [6, 6.07) is 43.6. The van der Waals surface area contributed by atoms with Crippen LogP contribution in [0.1, 0.15) is 11.1 Å². The molecule has 4 heteroatoms. The standard InChI is InChI=1S/C36H28N2O2/c39-35(23-27-15-9-13-25-11-1-3-17-29(25)27)37-33-21-7-5-19-31(33)32-20-6-8-22-34(32)38-36(40)24-28-16-10-14-26-12-2-4-18-30(26)28/h1-22H,23-24H2,(H,37,39)(H,38,40). The van der Waals surface area contributed by atoms with Gasteiger partial charge in [-0.2, -0.15) is 0 Å². The van der Waals surface area contributed by atoms with E-state index in [2.05, 4.69) is 34.9 Å². The van der Waals surface area contributed by atoms with E-state index in [0.29, 0.717) is 11.4 Å². The molecule has 0 bridgehead atoms. The molecule has 6 rings (SSSR count). The van der Waals surface area contributed by atoms with Crippen molar-refractivity contribution in [3.63, 3.8) is 0 Å². The maximum absolute atomic E-state index is 13.2. The Kier molecular flexibility index (Phi) is 7.06. The van der Waals surface area contributed by atoms with Crippen LogP contribution in [0.5, 0.6) is 0 Å². The van der Waals surface area contributed by atoms with Crippen LogP contribution in [0, 0.1) is 0 Å². The number of hydrogen-bond acceptors (Lipinski definition) is 2. The van der Waals surface area contributed by atoms with Crippen molar-refractivity contribution in [3.05, 3.63) is 145 Å². The molecule has 0 aliphatic carbocycles. The van der Waals surface area contributed by atoms with Gasteiger partial charge in [0.2, 0.25) is 11.8 Å². The average Bonchev–Trinajstić information content (AvgIpc) is 2.98. The van der Waals surface area contributed by atoms with Gasteiger partial charge in [0.15, 0.2) is 0 Å². The first-order valence-electron chi connectivity index (χ1n) is 13.4. The van der Waals surface area contributed by atoms with Gasteiger partial charge < -0.3 is 10.6 Å². The van der Waals surface area contributed by atoms with E-state index in [1.807, 2.05) is 109 Å². The Morgan fingerprint density at radius 1 is 0.425 bits per heavy atom. The van der Waals surface area contributed by atoms with Crippen LogP contribution in [-0.2, 0) is 22.4 Å². The highest BCUT2D eigenvalue weighted by molar-refractivity contribution is 6.03. The van der Waals surface area contributed by atoms with Crippen molar-refractivity contribution in [3.8, 4) is 11.1 Å². The lowest BCUT2D eigenvalue weighted by molar-refractivity contribution is -0.116. The number of rotatable bonds is 7. The molecule has 0 aliphatic rings. The smallest absolute Gasteiger partial charge is 0.228 e. The third-order valence-electron chi connectivity index (χ3n) is 7.15. The van der Waals surface area contributed by atoms with Gasteiger partial charge >= 0.3 is 0 Å². The van der Waals surface area contributed by atoms with Gasteiger partial charge in [0.25, 0.3) is 0 Å². The lowest BCUT2D eigenvalue weighted by Crippen LogP contribution is -2.16. The van der Waals surface area contributed by atoms with Crippen molar-refractivity contribution < 1.29 is 9.59 Å². The zero-order chi connectivity index (χ0) is 27.3. The van der Waals surface area contributed by atoms with Crippen molar-refractivity contribution in [1.82, 2.24) is 0 Å². The minimum atomic E-state index is -0.0960. The van der Waals surface area contributed by atoms with Crippen molar-refractivity contribution in [2.75, 3.05) is 10.6 Å². The summed E-state index contributed by atoms with van der Waals surface area (Å²) >= 11 is 0. The van der Waals surface area contributed by atoms with Crippen LogP contribution in [0.3, 0.4) is 0 Å². The van der Waals surface area contributed by atoms with Crippen LogP contribution in [0.4, 0.5) is 11.4 Å². The third kappa shape index (κ3) is 5.33. The SMILES string of the molecule is O=C(Cc1cccc2ccccc12)Nc1ccccc1-c1ccccc1NC(=O)Cc1cccc2ccccc12. The first-order chi connectivity index (χ1) is 19.7. The number of anilines is 2. The first-order valence-corrected chi connectivity index (χ1v) is 13.4. The highest BCUT2D eigenvalue weighted by atomic mass is 16.2. The van der Waals surface area contributed by atoms with E-state index in [1.54, 1.807) is 0 Å². The van der Waals surface area contributed by atoms with E-state index in [-0.39, 0.29) is 24.7 Å². The molecule has 0 aromatic heterocycles. The number of fused-ring (bicyclic) bond motifs is 2. The van der Waals surface area contributed by atoms with Crippen molar-refractivity contribution >= 4 is 44.7 Å². The minimum Gasteiger partial charge on any atom is -0.325 e. The zero-order valence-corrected chi connectivity index (χ0v) is 21.9. The van der Waals surface area contributed by atoms with Crippen LogP contribution in [0.15, 0.2) is 133 Å². The third-order valence-corrected chi connectivity index (χ3v) is 7.15. The lowest BCUT2D eigenvalue weighted by atomic mass is 9.99. The van der Waals surface area contributed by atoms with Gasteiger partial charge in [0.05, 0.1) is 12.8 Å². The number of para-hydroxylation sites is 2. The summed E-state index contributed by atoms with van der Waals surface area (Å²) < 4.78 is 0.